The summed E-state index contributed by atoms with van der Waals surface area (Å²) in [4.78, 5) is 8.02. The minimum atomic E-state index is -0.538. The quantitative estimate of drug-likeness (QED) is 0.370. The van der Waals surface area contributed by atoms with Gasteiger partial charge in [-0.3, -0.25) is 4.68 Å². The van der Waals surface area contributed by atoms with Gasteiger partial charge in [-0.25, -0.2) is 13.8 Å². The molecule has 0 amide bonds. The Morgan fingerprint density at radius 3 is 2.72 bits per heavy atom. The molecule has 2 heterocycles. The Hall–Kier alpha value is -3.06. The first kappa shape index (κ1) is 18.0. The van der Waals surface area contributed by atoms with Crippen LogP contribution in [-0.2, 0) is 0 Å². The van der Waals surface area contributed by atoms with Crippen molar-refractivity contribution in [3.63, 3.8) is 0 Å². The van der Waals surface area contributed by atoms with Crippen molar-refractivity contribution in [1.82, 2.24) is 19.7 Å². The van der Waals surface area contributed by atoms with Crippen LogP contribution in [0.3, 0.4) is 0 Å². The maximum absolute atomic E-state index is 14.6. The number of para-hydroxylation sites is 2. The molecule has 29 heavy (non-hydrogen) atoms. The Balaban J connectivity index is 1.78. The standard InChI is InChI=1S/C22H15BrF2N4/c1-12-6-8-14(24)10-15(12)21(22-26-17-4-2-3-5-18(17)27-22)29-11-13-7-9-16(23)19(25)20(13)28-29/h2-11,21H,1H3,(H,26,27). The van der Waals surface area contributed by atoms with Crippen molar-refractivity contribution in [2.24, 2.45) is 0 Å². The molecule has 0 aliphatic heterocycles. The molecule has 0 fully saturated rings. The molecule has 0 bridgehead atoms. The van der Waals surface area contributed by atoms with Crippen LogP contribution in [0.25, 0.3) is 21.9 Å². The highest BCUT2D eigenvalue weighted by atomic mass is 79.9. The largest absolute Gasteiger partial charge is 0.340 e. The van der Waals surface area contributed by atoms with Gasteiger partial charge < -0.3 is 4.98 Å². The Labute approximate surface area is 173 Å². The third-order valence-corrected chi connectivity index (χ3v) is 5.67. The fraction of sp³-hybridized carbons (Fsp3) is 0.0909. The number of nitrogens with one attached hydrogen (secondary N) is 1. The third-order valence-electron chi connectivity index (χ3n) is 5.05. The van der Waals surface area contributed by atoms with Crippen molar-refractivity contribution in [2.75, 3.05) is 0 Å². The van der Waals surface area contributed by atoms with Gasteiger partial charge in [-0.15, -0.1) is 0 Å². The van der Waals surface area contributed by atoms with Crippen molar-refractivity contribution in [1.29, 1.82) is 0 Å². The topological polar surface area (TPSA) is 46.5 Å². The predicted molar refractivity (Wildman–Crippen MR) is 112 cm³/mol. The summed E-state index contributed by atoms with van der Waals surface area (Å²) in [5.41, 5.74) is 3.50. The second-order valence-corrected chi connectivity index (χ2v) is 7.81. The maximum atomic E-state index is 14.6. The van der Waals surface area contributed by atoms with Crippen LogP contribution >= 0.6 is 15.9 Å². The number of nitrogens with zero attached hydrogens (tertiary/aromatic N) is 3. The van der Waals surface area contributed by atoms with Gasteiger partial charge in [0.15, 0.2) is 5.82 Å². The van der Waals surface area contributed by atoms with Crippen molar-refractivity contribution in [3.8, 4) is 0 Å². The number of fused-ring (bicyclic) bond motifs is 2. The Kier molecular flexibility index (Phi) is 4.20. The summed E-state index contributed by atoms with van der Waals surface area (Å²) in [6, 6.07) is 15.2. The molecule has 5 aromatic rings. The molecule has 1 unspecified atom stereocenters. The number of aryl methyl sites for hydroxylation is 1. The van der Waals surface area contributed by atoms with Gasteiger partial charge in [-0.1, -0.05) is 18.2 Å². The first-order valence-electron chi connectivity index (χ1n) is 9.05. The van der Waals surface area contributed by atoms with E-state index in [1.54, 1.807) is 29.1 Å². The van der Waals surface area contributed by atoms with Crippen molar-refractivity contribution in [2.45, 2.75) is 13.0 Å². The van der Waals surface area contributed by atoms with Gasteiger partial charge in [0.25, 0.3) is 0 Å². The molecule has 144 valence electrons. The van der Waals surface area contributed by atoms with E-state index in [1.165, 1.54) is 12.1 Å². The van der Waals surface area contributed by atoms with Gasteiger partial charge in [-0.05, 0) is 70.4 Å². The monoisotopic (exact) mass is 452 g/mol. The maximum Gasteiger partial charge on any atom is 0.165 e. The first-order valence-corrected chi connectivity index (χ1v) is 9.84. The van der Waals surface area contributed by atoms with E-state index in [0.717, 1.165) is 16.6 Å². The summed E-state index contributed by atoms with van der Waals surface area (Å²) >= 11 is 3.20. The Morgan fingerprint density at radius 2 is 1.90 bits per heavy atom. The van der Waals surface area contributed by atoms with Crippen LogP contribution in [0.15, 0.2) is 65.3 Å². The highest BCUT2D eigenvalue weighted by Gasteiger charge is 2.24. The molecule has 3 aromatic carbocycles. The number of H-pyrrole nitrogens is 1. The molecule has 0 saturated heterocycles. The molecule has 1 N–H and O–H groups in total. The van der Waals surface area contributed by atoms with Gasteiger partial charge in [0.2, 0.25) is 0 Å². The molecule has 0 saturated carbocycles. The molecule has 7 heteroatoms. The van der Waals surface area contributed by atoms with Gasteiger partial charge >= 0.3 is 0 Å². The molecule has 0 aliphatic rings. The van der Waals surface area contributed by atoms with Crippen LogP contribution < -0.4 is 0 Å². The van der Waals surface area contributed by atoms with E-state index >= 15 is 0 Å². The van der Waals surface area contributed by atoms with E-state index in [9.17, 15) is 8.78 Å². The molecule has 0 aliphatic carbocycles. The first-order chi connectivity index (χ1) is 14.0. The summed E-state index contributed by atoms with van der Waals surface area (Å²) in [6.45, 7) is 1.91. The van der Waals surface area contributed by atoms with Crippen LogP contribution in [-0.4, -0.2) is 19.7 Å². The highest BCUT2D eigenvalue weighted by Crippen LogP contribution is 2.32. The fourth-order valence-electron chi connectivity index (χ4n) is 3.60. The lowest BCUT2D eigenvalue weighted by molar-refractivity contribution is 0.560. The lowest BCUT2D eigenvalue weighted by atomic mass is 10.0. The molecule has 2 aromatic heterocycles. The number of aromatic nitrogens is 4. The SMILES string of the molecule is Cc1ccc(F)cc1C(c1nc2ccccc2[nH]1)n1cc2ccc(Br)c(F)c2n1. The number of hydrogen-bond donors (Lipinski definition) is 1. The summed E-state index contributed by atoms with van der Waals surface area (Å²) in [5.74, 6) is -0.176. The number of hydrogen-bond acceptors (Lipinski definition) is 2. The second-order valence-electron chi connectivity index (χ2n) is 6.95. The predicted octanol–water partition coefficient (Wildman–Crippen LogP) is 5.90. The average molecular weight is 453 g/mol. The number of rotatable bonds is 3. The molecule has 1 atom stereocenters. The molecular weight excluding hydrogens is 438 g/mol. The molecule has 4 nitrogen and oxygen atoms in total. The van der Waals surface area contributed by atoms with Gasteiger partial charge in [0.05, 0.1) is 15.5 Å². The van der Waals surface area contributed by atoms with Crippen LogP contribution in [0.1, 0.15) is 23.0 Å². The van der Waals surface area contributed by atoms with E-state index in [-0.39, 0.29) is 11.3 Å². The van der Waals surface area contributed by atoms with E-state index in [4.69, 9.17) is 4.98 Å². The minimum absolute atomic E-state index is 0.245. The summed E-state index contributed by atoms with van der Waals surface area (Å²) in [7, 11) is 0. The van der Waals surface area contributed by atoms with Gasteiger partial charge in [0.1, 0.15) is 23.2 Å². The van der Waals surface area contributed by atoms with Gasteiger partial charge in [0, 0.05) is 11.6 Å². The molecule has 0 spiro atoms. The zero-order valence-electron chi connectivity index (χ0n) is 15.3. The third kappa shape index (κ3) is 3.02. The van der Waals surface area contributed by atoms with Crippen molar-refractivity contribution < 1.29 is 8.78 Å². The van der Waals surface area contributed by atoms with Crippen molar-refractivity contribution >= 4 is 37.9 Å². The zero-order valence-corrected chi connectivity index (χ0v) is 16.9. The summed E-state index contributed by atoms with van der Waals surface area (Å²) in [5, 5.41) is 5.15. The summed E-state index contributed by atoms with van der Waals surface area (Å²) in [6.07, 6.45) is 1.76. The lowest BCUT2D eigenvalue weighted by Gasteiger charge is -2.18. The molecule has 5 rings (SSSR count). The van der Waals surface area contributed by atoms with Crippen LogP contribution in [0.2, 0.25) is 0 Å². The Morgan fingerprint density at radius 1 is 1.07 bits per heavy atom. The number of halogens is 3. The van der Waals surface area contributed by atoms with Crippen molar-refractivity contribution in [3.05, 3.63) is 93.9 Å². The highest BCUT2D eigenvalue weighted by molar-refractivity contribution is 9.10. The number of aromatic amines is 1. The second kappa shape index (κ2) is 6.77. The zero-order chi connectivity index (χ0) is 20.1. The van der Waals surface area contributed by atoms with Crippen LogP contribution in [0.4, 0.5) is 8.78 Å². The fourth-order valence-corrected chi connectivity index (χ4v) is 3.92. The minimum Gasteiger partial charge on any atom is -0.340 e. The van der Waals surface area contributed by atoms with E-state index in [2.05, 4.69) is 26.0 Å². The van der Waals surface area contributed by atoms with E-state index in [0.29, 0.717) is 21.2 Å². The smallest absolute Gasteiger partial charge is 0.165 e. The van der Waals surface area contributed by atoms with Crippen LogP contribution in [0.5, 0.6) is 0 Å². The van der Waals surface area contributed by atoms with E-state index in [1.807, 2.05) is 31.2 Å². The number of imidazole rings is 1. The normalized spacial score (nSPS) is 12.7. The molecule has 0 radical (unpaired) electrons. The molecular formula is C22H15BrF2N4. The number of benzene rings is 3. The summed E-state index contributed by atoms with van der Waals surface area (Å²) < 4.78 is 30.7. The van der Waals surface area contributed by atoms with Gasteiger partial charge in [-0.2, -0.15) is 5.10 Å². The van der Waals surface area contributed by atoms with Crippen LogP contribution in [0, 0.1) is 18.6 Å². The Bertz CT molecular complexity index is 1340. The lowest BCUT2D eigenvalue weighted by Crippen LogP contribution is -2.16. The average Bonchev–Trinajstić information content (AvgIpc) is 3.32. The van der Waals surface area contributed by atoms with E-state index < -0.39 is 11.9 Å².